The number of nitrogen functional groups attached to an aromatic ring is 1. The molecular weight excluding hydrogens is 197 g/mol. The smallest absolute Gasteiger partial charge is 0.219 e. The molecular formula is C10H8FN3O. The number of anilines is 1. The van der Waals surface area contributed by atoms with Gasteiger partial charge in [0.25, 0.3) is 0 Å². The summed E-state index contributed by atoms with van der Waals surface area (Å²) in [6, 6.07) is 5.98. The van der Waals surface area contributed by atoms with E-state index in [1.807, 2.05) is 0 Å². The fraction of sp³-hybridized carbons (Fsp3) is 0. The number of nitrogens with zero attached hydrogens (tertiary/aromatic N) is 2. The van der Waals surface area contributed by atoms with E-state index in [-0.39, 0.29) is 0 Å². The third-order valence-corrected chi connectivity index (χ3v) is 1.68. The largest absolute Gasteiger partial charge is 0.437 e. The van der Waals surface area contributed by atoms with Crippen molar-refractivity contribution in [2.45, 2.75) is 0 Å². The number of rotatable bonds is 2. The standard InChI is InChI=1S/C10H8FN3O/c11-7-1-4-10(14-5-7)15-8-2-3-9(12)13-6-8/h1-6H,(H2,12,13). The molecule has 0 aromatic carbocycles. The van der Waals surface area contributed by atoms with Gasteiger partial charge in [-0.2, -0.15) is 0 Å². The Kier molecular flexibility index (Phi) is 2.45. The zero-order valence-corrected chi connectivity index (χ0v) is 7.72. The van der Waals surface area contributed by atoms with E-state index in [1.165, 1.54) is 18.3 Å². The molecule has 4 nitrogen and oxygen atoms in total. The molecule has 2 N–H and O–H groups in total. The summed E-state index contributed by atoms with van der Waals surface area (Å²) in [6.45, 7) is 0. The molecule has 0 radical (unpaired) electrons. The molecule has 5 heteroatoms. The van der Waals surface area contributed by atoms with Crippen LogP contribution in [0, 0.1) is 5.82 Å². The van der Waals surface area contributed by atoms with Crippen LogP contribution >= 0.6 is 0 Å². The van der Waals surface area contributed by atoms with Gasteiger partial charge in [-0.15, -0.1) is 0 Å². The lowest BCUT2D eigenvalue weighted by molar-refractivity contribution is 0.457. The lowest BCUT2D eigenvalue weighted by atomic mass is 10.4. The van der Waals surface area contributed by atoms with Crippen molar-refractivity contribution in [3.05, 3.63) is 42.5 Å². The topological polar surface area (TPSA) is 61.0 Å². The lowest BCUT2D eigenvalue weighted by Gasteiger charge is -2.03. The Morgan fingerprint density at radius 1 is 1.07 bits per heavy atom. The second-order valence-corrected chi connectivity index (χ2v) is 2.84. The van der Waals surface area contributed by atoms with Gasteiger partial charge >= 0.3 is 0 Å². The van der Waals surface area contributed by atoms with Crippen LogP contribution in [-0.4, -0.2) is 9.97 Å². The summed E-state index contributed by atoms with van der Waals surface area (Å²) in [5.41, 5.74) is 5.41. The van der Waals surface area contributed by atoms with E-state index in [4.69, 9.17) is 10.5 Å². The number of ether oxygens (including phenoxy) is 1. The summed E-state index contributed by atoms with van der Waals surface area (Å²) >= 11 is 0. The lowest BCUT2D eigenvalue weighted by Crippen LogP contribution is -1.91. The van der Waals surface area contributed by atoms with Gasteiger partial charge in [-0.1, -0.05) is 0 Å². The molecule has 2 aromatic heterocycles. The molecule has 2 aromatic rings. The van der Waals surface area contributed by atoms with Crippen molar-refractivity contribution in [2.24, 2.45) is 0 Å². The Morgan fingerprint density at radius 3 is 2.53 bits per heavy atom. The molecule has 0 aliphatic carbocycles. The first kappa shape index (κ1) is 9.39. The van der Waals surface area contributed by atoms with Crippen LogP contribution in [0.25, 0.3) is 0 Å². The second kappa shape index (κ2) is 3.91. The highest BCUT2D eigenvalue weighted by atomic mass is 19.1. The van der Waals surface area contributed by atoms with Crippen molar-refractivity contribution in [1.29, 1.82) is 0 Å². The van der Waals surface area contributed by atoms with Gasteiger partial charge in [0.2, 0.25) is 5.88 Å². The predicted molar refractivity (Wildman–Crippen MR) is 52.9 cm³/mol. The first-order valence-electron chi connectivity index (χ1n) is 4.25. The molecule has 0 saturated heterocycles. The van der Waals surface area contributed by atoms with E-state index in [0.717, 1.165) is 6.20 Å². The van der Waals surface area contributed by atoms with Crippen molar-refractivity contribution in [3.8, 4) is 11.6 Å². The third-order valence-electron chi connectivity index (χ3n) is 1.68. The number of hydrogen-bond acceptors (Lipinski definition) is 4. The van der Waals surface area contributed by atoms with Gasteiger partial charge in [0.1, 0.15) is 17.4 Å². The number of pyridine rings is 2. The quantitative estimate of drug-likeness (QED) is 0.814. The van der Waals surface area contributed by atoms with Gasteiger partial charge in [0, 0.05) is 6.07 Å². The molecule has 0 aliphatic rings. The number of aromatic nitrogens is 2. The van der Waals surface area contributed by atoms with Crippen LogP contribution in [-0.2, 0) is 0 Å². The number of halogens is 1. The molecule has 0 amide bonds. The van der Waals surface area contributed by atoms with Crippen LogP contribution < -0.4 is 10.5 Å². The third kappa shape index (κ3) is 2.40. The minimum Gasteiger partial charge on any atom is -0.437 e. The molecule has 0 spiro atoms. The van der Waals surface area contributed by atoms with E-state index in [0.29, 0.717) is 17.4 Å². The fourth-order valence-electron chi connectivity index (χ4n) is 0.995. The Hall–Kier alpha value is -2.17. The number of nitrogens with two attached hydrogens (primary N) is 1. The van der Waals surface area contributed by atoms with Crippen molar-refractivity contribution in [1.82, 2.24) is 9.97 Å². The molecule has 15 heavy (non-hydrogen) atoms. The number of hydrogen-bond donors (Lipinski definition) is 1. The van der Waals surface area contributed by atoms with Crippen LogP contribution in [0.3, 0.4) is 0 Å². The summed E-state index contributed by atoms with van der Waals surface area (Å²) in [6.07, 6.45) is 2.56. The Labute approximate surface area is 85.5 Å². The molecule has 0 bridgehead atoms. The first-order valence-corrected chi connectivity index (χ1v) is 4.25. The molecule has 0 fully saturated rings. The summed E-state index contributed by atoms with van der Waals surface area (Å²) < 4.78 is 17.8. The zero-order valence-electron chi connectivity index (χ0n) is 7.72. The van der Waals surface area contributed by atoms with Crippen LogP contribution in [0.5, 0.6) is 11.6 Å². The van der Waals surface area contributed by atoms with E-state index in [9.17, 15) is 4.39 Å². The maximum atomic E-state index is 12.5. The average molecular weight is 205 g/mol. The molecule has 0 unspecified atom stereocenters. The highest BCUT2D eigenvalue weighted by Gasteiger charge is 1.99. The van der Waals surface area contributed by atoms with Crippen molar-refractivity contribution < 1.29 is 9.13 Å². The first-order chi connectivity index (χ1) is 7.24. The van der Waals surface area contributed by atoms with Crippen LogP contribution in [0.15, 0.2) is 36.7 Å². The van der Waals surface area contributed by atoms with Gasteiger partial charge < -0.3 is 10.5 Å². The van der Waals surface area contributed by atoms with E-state index >= 15 is 0 Å². The average Bonchev–Trinajstić information content (AvgIpc) is 2.25. The van der Waals surface area contributed by atoms with Gasteiger partial charge in [0.15, 0.2) is 0 Å². The predicted octanol–water partition coefficient (Wildman–Crippen LogP) is 1.99. The van der Waals surface area contributed by atoms with Crippen molar-refractivity contribution in [3.63, 3.8) is 0 Å². The summed E-state index contributed by atoms with van der Waals surface area (Å²) in [4.78, 5) is 7.58. The highest BCUT2D eigenvalue weighted by Crippen LogP contribution is 2.18. The van der Waals surface area contributed by atoms with Gasteiger partial charge in [-0.25, -0.2) is 14.4 Å². The van der Waals surface area contributed by atoms with Crippen LogP contribution in [0.4, 0.5) is 10.2 Å². The highest BCUT2D eigenvalue weighted by molar-refractivity contribution is 5.33. The van der Waals surface area contributed by atoms with Gasteiger partial charge in [0.05, 0.1) is 12.4 Å². The molecule has 76 valence electrons. The summed E-state index contributed by atoms with van der Waals surface area (Å²) in [5.74, 6) is 0.818. The van der Waals surface area contributed by atoms with Gasteiger partial charge in [-0.3, -0.25) is 0 Å². The Bertz CT molecular complexity index is 398. The van der Waals surface area contributed by atoms with Crippen molar-refractivity contribution >= 4 is 5.82 Å². The zero-order chi connectivity index (χ0) is 10.7. The van der Waals surface area contributed by atoms with E-state index in [1.54, 1.807) is 12.1 Å². The maximum absolute atomic E-state index is 12.5. The Balaban J connectivity index is 2.15. The Morgan fingerprint density at radius 2 is 1.93 bits per heavy atom. The molecule has 0 aliphatic heterocycles. The van der Waals surface area contributed by atoms with Gasteiger partial charge in [-0.05, 0) is 18.2 Å². The van der Waals surface area contributed by atoms with Crippen LogP contribution in [0.1, 0.15) is 0 Å². The molecule has 0 saturated carbocycles. The normalized spacial score (nSPS) is 9.93. The summed E-state index contributed by atoms with van der Waals surface area (Å²) in [7, 11) is 0. The molecule has 0 atom stereocenters. The summed E-state index contributed by atoms with van der Waals surface area (Å²) in [5, 5.41) is 0. The fourth-order valence-corrected chi connectivity index (χ4v) is 0.995. The molecule has 2 rings (SSSR count). The second-order valence-electron chi connectivity index (χ2n) is 2.84. The monoisotopic (exact) mass is 205 g/mol. The minimum absolute atomic E-state index is 0.308. The SMILES string of the molecule is Nc1ccc(Oc2ccc(F)cn2)cn1. The van der Waals surface area contributed by atoms with Crippen molar-refractivity contribution in [2.75, 3.05) is 5.73 Å². The maximum Gasteiger partial charge on any atom is 0.219 e. The van der Waals surface area contributed by atoms with E-state index < -0.39 is 5.82 Å². The van der Waals surface area contributed by atoms with Crippen LogP contribution in [0.2, 0.25) is 0 Å². The van der Waals surface area contributed by atoms with E-state index in [2.05, 4.69) is 9.97 Å². The minimum atomic E-state index is -0.405. The molecule has 2 heterocycles.